The second-order valence-corrected chi connectivity index (χ2v) is 3.37. The van der Waals surface area contributed by atoms with Crippen LogP contribution in [-0.2, 0) is 0 Å². The lowest BCUT2D eigenvalue weighted by molar-refractivity contribution is 0.286. The van der Waals surface area contributed by atoms with Gasteiger partial charge < -0.3 is 5.11 Å². The summed E-state index contributed by atoms with van der Waals surface area (Å²) in [5.74, 6) is -0.579. The summed E-state index contributed by atoms with van der Waals surface area (Å²) in [5, 5.41) is 18.5. The fourth-order valence-electron chi connectivity index (χ4n) is 0.993. The first-order valence-electron chi connectivity index (χ1n) is 3.64. The quantitative estimate of drug-likeness (QED) is 0.825. The molecule has 0 bridgehead atoms. The van der Waals surface area contributed by atoms with Gasteiger partial charge in [-0.25, -0.2) is 0 Å². The molecule has 1 aromatic rings. The molecule has 1 N–H and O–H groups in total. The lowest BCUT2D eigenvalue weighted by atomic mass is 10.0. The number of benzene rings is 1. The van der Waals surface area contributed by atoms with Gasteiger partial charge in [0.25, 0.3) is 0 Å². The standard InChI is InChI=1S/C9H7Cl2NO/c10-7-1-2-8(9(11)3-7)6(4-12)5-13/h1-3,6,13H,5H2. The Labute approximate surface area is 86.3 Å². The van der Waals surface area contributed by atoms with Gasteiger partial charge in [-0.3, -0.25) is 0 Å². The van der Waals surface area contributed by atoms with E-state index in [1.54, 1.807) is 18.2 Å². The topological polar surface area (TPSA) is 44.0 Å². The zero-order valence-corrected chi connectivity index (χ0v) is 8.18. The summed E-state index contributed by atoms with van der Waals surface area (Å²) in [6.07, 6.45) is 0. The van der Waals surface area contributed by atoms with Crippen molar-refractivity contribution in [2.45, 2.75) is 5.92 Å². The normalized spacial score (nSPS) is 12.2. The summed E-state index contributed by atoms with van der Waals surface area (Å²) in [7, 11) is 0. The second kappa shape index (κ2) is 4.48. The van der Waals surface area contributed by atoms with E-state index in [-0.39, 0.29) is 6.61 Å². The van der Waals surface area contributed by atoms with Crippen LogP contribution in [0.4, 0.5) is 0 Å². The molecule has 4 heteroatoms. The summed E-state index contributed by atoms with van der Waals surface area (Å²) in [4.78, 5) is 0. The number of aliphatic hydroxyl groups excluding tert-OH is 1. The first-order valence-corrected chi connectivity index (χ1v) is 4.40. The van der Waals surface area contributed by atoms with Gasteiger partial charge in [0.2, 0.25) is 0 Å². The number of hydrogen-bond donors (Lipinski definition) is 1. The highest BCUT2D eigenvalue weighted by atomic mass is 35.5. The fraction of sp³-hybridized carbons (Fsp3) is 0.222. The average molecular weight is 216 g/mol. The second-order valence-electron chi connectivity index (χ2n) is 2.53. The molecule has 0 spiro atoms. The van der Waals surface area contributed by atoms with Crippen molar-refractivity contribution >= 4 is 23.2 Å². The van der Waals surface area contributed by atoms with Crippen LogP contribution in [0, 0.1) is 11.3 Å². The highest BCUT2D eigenvalue weighted by Gasteiger charge is 2.12. The predicted molar refractivity (Wildman–Crippen MR) is 51.9 cm³/mol. The molecule has 0 aromatic heterocycles. The predicted octanol–water partition coefficient (Wildman–Crippen LogP) is 2.59. The van der Waals surface area contributed by atoms with Crippen LogP contribution in [0.1, 0.15) is 11.5 Å². The van der Waals surface area contributed by atoms with Crippen molar-refractivity contribution in [3.05, 3.63) is 33.8 Å². The molecule has 0 heterocycles. The molecule has 68 valence electrons. The summed E-state index contributed by atoms with van der Waals surface area (Å²) < 4.78 is 0. The molecule has 0 fully saturated rings. The highest BCUT2D eigenvalue weighted by molar-refractivity contribution is 6.35. The third-order valence-electron chi connectivity index (χ3n) is 1.68. The fourth-order valence-corrected chi connectivity index (χ4v) is 1.53. The Morgan fingerprint density at radius 2 is 2.15 bits per heavy atom. The van der Waals surface area contributed by atoms with Gasteiger partial charge in [0.1, 0.15) is 0 Å². The van der Waals surface area contributed by atoms with E-state index in [0.29, 0.717) is 15.6 Å². The van der Waals surface area contributed by atoms with Gasteiger partial charge in [-0.1, -0.05) is 29.3 Å². The van der Waals surface area contributed by atoms with Crippen LogP contribution in [0.2, 0.25) is 10.0 Å². The zero-order chi connectivity index (χ0) is 9.84. The van der Waals surface area contributed by atoms with E-state index in [1.807, 2.05) is 6.07 Å². The molecule has 0 aliphatic rings. The number of rotatable bonds is 2. The summed E-state index contributed by atoms with van der Waals surface area (Å²) in [6, 6.07) is 6.79. The Morgan fingerprint density at radius 3 is 2.62 bits per heavy atom. The largest absolute Gasteiger partial charge is 0.395 e. The van der Waals surface area contributed by atoms with Gasteiger partial charge in [-0.05, 0) is 17.7 Å². The lowest BCUT2D eigenvalue weighted by Crippen LogP contribution is -2.01. The minimum absolute atomic E-state index is 0.238. The lowest BCUT2D eigenvalue weighted by Gasteiger charge is -2.07. The van der Waals surface area contributed by atoms with Crippen molar-refractivity contribution in [2.24, 2.45) is 0 Å². The maximum atomic E-state index is 8.86. The molecule has 0 radical (unpaired) electrons. The number of nitrogens with zero attached hydrogens (tertiary/aromatic N) is 1. The summed E-state index contributed by atoms with van der Waals surface area (Å²) in [6.45, 7) is -0.238. The van der Waals surface area contributed by atoms with E-state index in [1.165, 1.54) is 0 Å². The van der Waals surface area contributed by atoms with Crippen LogP contribution < -0.4 is 0 Å². The van der Waals surface area contributed by atoms with Gasteiger partial charge in [-0.2, -0.15) is 5.26 Å². The molecule has 0 saturated carbocycles. The number of hydrogen-bond acceptors (Lipinski definition) is 2. The van der Waals surface area contributed by atoms with Crippen molar-refractivity contribution in [3.8, 4) is 6.07 Å². The van der Waals surface area contributed by atoms with E-state index in [4.69, 9.17) is 33.6 Å². The zero-order valence-electron chi connectivity index (χ0n) is 6.67. The molecule has 1 aromatic carbocycles. The molecule has 1 atom stereocenters. The average Bonchev–Trinajstić information content (AvgIpc) is 2.10. The maximum absolute atomic E-state index is 8.86. The van der Waals surface area contributed by atoms with Crippen molar-refractivity contribution in [3.63, 3.8) is 0 Å². The highest BCUT2D eigenvalue weighted by Crippen LogP contribution is 2.26. The molecule has 1 rings (SSSR count). The molecule has 0 saturated heterocycles. The molecule has 0 amide bonds. The molecule has 0 aliphatic carbocycles. The Kier molecular flexibility index (Phi) is 3.56. The van der Waals surface area contributed by atoms with Crippen molar-refractivity contribution in [2.75, 3.05) is 6.61 Å². The maximum Gasteiger partial charge on any atom is 0.0957 e. The van der Waals surface area contributed by atoms with E-state index < -0.39 is 5.92 Å². The van der Waals surface area contributed by atoms with Crippen LogP contribution in [0.25, 0.3) is 0 Å². The van der Waals surface area contributed by atoms with E-state index in [2.05, 4.69) is 0 Å². The molecular weight excluding hydrogens is 209 g/mol. The first kappa shape index (κ1) is 10.3. The minimum atomic E-state index is -0.579. The summed E-state index contributed by atoms with van der Waals surface area (Å²) >= 11 is 11.5. The first-order chi connectivity index (χ1) is 6.19. The molecular formula is C9H7Cl2NO. The Morgan fingerprint density at radius 1 is 1.46 bits per heavy atom. The van der Waals surface area contributed by atoms with Gasteiger partial charge in [-0.15, -0.1) is 0 Å². The third-order valence-corrected chi connectivity index (χ3v) is 2.24. The van der Waals surface area contributed by atoms with Crippen molar-refractivity contribution in [1.82, 2.24) is 0 Å². The molecule has 2 nitrogen and oxygen atoms in total. The van der Waals surface area contributed by atoms with Gasteiger partial charge in [0.15, 0.2) is 0 Å². The van der Waals surface area contributed by atoms with Crippen LogP contribution in [0.15, 0.2) is 18.2 Å². The smallest absolute Gasteiger partial charge is 0.0957 e. The third kappa shape index (κ3) is 2.35. The van der Waals surface area contributed by atoms with Crippen molar-refractivity contribution in [1.29, 1.82) is 5.26 Å². The van der Waals surface area contributed by atoms with Crippen LogP contribution >= 0.6 is 23.2 Å². The number of aliphatic hydroxyl groups is 1. The molecule has 1 unspecified atom stereocenters. The molecule has 0 aliphatic heterocycles. The SMILES string of the molecule is N#CC(CO)c1ccc(Cl)cc1Cl. The van der Waals surface area contributed by atoms with Crippen LogP contribution in [0.3, 0.4) is 0 Å². The monoisotopic (exact) mass is 215 g/mol. The van der Waals surface area contributed by atoms with Crippen LogP contribution in [-0.4, -0.2) is 11.7 Å². The van der Waals surface area contributed by atoms with E-state index >= 15 is 0 Å². The Bertz CT molecular complexity index is 346. The Balaban J connectivity index is 3.09. The Hall–Kier alpha value is -0.750. The summed E-state index contributed by atoms with van der Waals surface area (Å²) in [5.41, 5.74) is 0.607. The van der Waals surface area contributed by atoms with E-state index in [0.717, 1.165) is 0 Å². The van der Waals surface area contributed by atoms with Crippen LogP contribution in [0.5, 0.6) is 0 Å². The number of nitriles is 1. The van der Waals surface area contributed by atoms with Gasteiger partial charge in [0.05, 0.1) is 18.6 Å². The van der Waals surface area contributed by atoms with Crippen molar-refractivity contribution < 1.29 is 5.11 Å². The van der Waals surface area contributed by atoms with Gasteiger partial charge >= 0.3 is 0 Å². The van der Waals surface area contributed by atoms with E-state index in [9.17, 15) is 0 Å². The van der Waals surface area contributed by atoms with Gasteiger partial charge in [0, 0.05) is 10.0 Å². The molecule has 13 heavy (non-hydrogen) atoms. The number of halogens is 2. The minimum Gasteiger partial charge on any atom is -0.395 e.